The van der Waals surface area contributed by atoms with Crippen LogP contribution in [0.3, 0.4) is 0 Å². The highest BCUT2D eigenvalue weighted by Crippen LogP contribution is 2.39. The third-order valence-electron chi connectivity index (χ3n) is 6.74. The van der Waals surface area contributed by atoms with Crippen LogP contribution in [0.5, 0.6) is 11.5 Å². The average Bonchev–Trinajstić information content (AvgIpc) is 3.36. The van der Waals surface area contributed by atoms with Gasteiger partial charge in [0, 0.05) is 21.3 Å². The summed E-state index contributed by atoms with van der Waals surface area (Å²) < 4.78 is 19.3. The molecule has 2 aromatic carbocycles. The van der Waals surface area contributed by atoms with Crippen molar-refractivity contribution in [1.29, 1.82) is 0 Å². The maximum absolute atomic E-state index is 13.5. The third kappa shape index (κ3) is 5.40. The number of nitrogens with one attached hydrogen (secondary N) is 1. The summed E-state index contributed by atoms with van der Waals surface area (Å²) >= 11 is 12.3. The van der Waals surface area contributed by atoms with Crippen LogP contribution >= 0.6 is 23.2 Å². The number of rotatable bonds is 7. The van der Waals surface area contributed by atoms with Crippen LogP contribution in [0.15, 0.2) is 54.0 Å². The molecule has 1 aliphatic carbocycles. The number of methoxy groups -OCH3 is 1. The first-order valence-corrected chi connectivity index (χ1v) is 13.0. The fourth-order valence-corrected chi connectivity index (χ4v) is 5.29. The van der Waals surface area contributed by atoms with Gasteiger partial charge in [-0.05, 0) is 62.4 Å². The Kier molecular flexibility index (Phi) is 7.58. The minimum Gasteiger partial charge on any atom is -0.493 e. The van der Waals surface area contributed by atoms with Gasteiger partial charge in [-0.1, -0.05) is 41.8 Å². The first kappa shape index (κ1) is 25.4. The molecular formula is C27H28Cl2N4O4. The topological polar surface area (TPSA) is 87.5 Å². The molecule has 2 heterocycles. The van der Waals surface area contributed by atoms with Crippen molar-refractivity contribution >= 4 is 35.1 Å². The molecule has 194 valence electrons. The summed E-state index contributed by atoms with van der Waals surface area (Å²) in [5, 5.41) is 8.68. The molecule has 1 fully saturated rings. The summed E-state index contributed by atoms with van der Waals surface area (Å²) in [7, 11) is 1.57. The lowest BCUT2D eigenvalue weighted by molar-refractivity contribution is -0.146. The summed E-state index contributed by atoms with van der Waals surface area (Å²) in [5.74, 6) is 1.26. The van der Waals surface area contributed by atoms with E-state index in [0.29, 0.717) is 38.8 Å². The molecule has 1 N–H and O–H groups in total. The predicted molar refractivity (Wildman–Crippen MR) is 141 cm³/mol. The molecule has 1 atom stereocenters. The van der Waals surface area contributed by atoms with Gasteiger partial charge < -0.3 is 19.5 Å². The lowest BCUT2D eigenvalue weighted by Gasteiger charge is -2.30. The molecule has 8 nitrogen and oxygen atoms in total. The zero-order chi connectivity index (χ0) is 25.9. The van der Waals surface area contributed by atoms with Crippen LogP contribution in [-0.4, -0.2) is 33.9 Å². The number of halogens is 2. The second kappa shape index (κ2) is 11.0. The van der Waals surface area contributed by atoms with E-state index in [1.807, 2.05) is 31.2 Å². The number of allylic oxidation sites excluding steroid dienone is 1. The number of aromatic nitrogens is 3. The smallest absolute Gasteiger partial charge is 0.338 e. The zero-order valence-corrected chi connectivity index (χ0v) is 22.2. The number of nitrogens with zero attached hydrogens (tertiary/aromatic N) is 3. The quantitative estimate of drug-likeness (QED) is 0.348. The van der Waals surface area contributed by atoms with E-state index in [-0.39, 0.29) is 18.7 Å². The molecule has 37 heavy (non-hydrogen) atoms. The Hall–Kier alpha value is -3.23. The second-order valence-electron chi connectivity index (χ2n) is 9.19. The standard InChI is InChI=1S/C27H28Cl2N4O4/c1-16-24(26(34)37-20-6-4-3-5-7-20)25(33-27(32-16)30-15-31-33)17-9-11-22(23(12-17)35-2)36-14-18-8-10-19(28)13-21(18)29/h8-13,15,20,25H,3-7,14H2,1-2H3,(H,30,31,32). The van der Waals surface area contributed by atoms with Crippen LogP contribution in [0.1, 0.15) is 56.2 Å². The number of anilines is 1. The Morgan fingerprint density at radius 1 is 1.11 bits per heavy atom. The molecule has 3 aromatic rings. The van der Waals surface area contributed by atoms with E-state index in [0.717, 1.165) is 36.8 Å². The van der Waals surface area contributed by atoms with Crippen molar-refractivity contribution in [3.63, 3.8) is 0 Å². The molecule has 0 bridgehead atoms. The number of carbonyl (C=O) groups is 1. The molecule has 1 aliphatic heterocycles. The van der Waals surface area contributed by atoms with Gasteiger partial charge in [0.2, 0.25) is 5.95 Å². The molecule has 0 saturated heterocycles. The number of hydrogen-bond acceptors (Lipinski definition) is 7. The summed E-state index contributed by atoms with van der Waals surface area (Å²) in [4.78, 5) is 17.8. The van der Waals surface area contributed by atoms with Crippen LogP contribution < -0.4 is 14.8 Å². The highest BCUT2D eigenvalue weighted by molar-refractivity contribution is 6.35. The fraction of sp³-hybridized carbons (Fsp3) is 0.370. The van der Waals surface area contributed by atoms with Crippen LogP contribution in [-0.2, 0) is 16.1 Å². The maximum Gasteiger partial charge on any atom is 0.338 e. The number of benzene rings is 2. The van der Waals surface area contributed by atoms with Crippen LogP contribution in [0.4, 0.5) is 5.95 Å². The lowest BCUT2D eigenvalue weighted by atomic mass is 9.94. The molecule has 0 radical (unpaired) electrons. The molecule has 0 spiro atoms. The molecule has 1 saturated carbocycles. The Morgan fingerprint density at radius 2 is 1.92 bits per heavy atom. The number of fused-ring (bicyclic) bond motifs is 1. The van der Waals surface area contributed by atoms with Crippen LogP contribution in [0, 0.1) is 0 Å². The van der Waals surface area contributed by atoms with Gasteiger partial charge in [0.25, 0.3) is 0 Å². The van der Waals surface area contributed by atoms with Gasteiger partial charge in [0.05, 0.1) is 12.7 Å². The number of hydrogen-bond donors (Lipinski definition) is 1. The van der Waals surface area contributed by atoms with Gasteiger partial charge in [-0.2, -0.15) is 10.1 Å². The first-order valence-electron chi connectivity index (χ1n) is 12.3. The molecular weight excluding hydrogens is 515 g/mol. The Bertz CT molecular complexity index is 1330. The third-order valence-corrected chi connectivity index (χ3v) is 7.33. The van der Waals surface area contributed by atoms with Gasteiger partial charge in [0.15, 0.2) is 11.5 Å². The number of ether oxygens (including phenoxy) is 3. The summed E-state index contributed by atoms with van der Waals surface area (Å²) in [6, 6.07) is 10.3. The van der Waals surface area contributed by atoms with Crippen molar-refractivity contribution in [3.05, 3.63) is 75.2 Å². The van der Waals surface area contributed by atoms with Crippen molar-refractivity contribution in [3.8, 4) is 11.5 Å². The molecule has 5 rings (SSSR count). The van der Waals surface area contributed by atoms with E-state index in [1.165, 1.54) is 12.7 Å². The second-order valence-corrected chi connectivity index (χ2v) is 10.0. The number of carbonyl (C=O) groups excluding carboxylic acids is 1. The van der Waals surface area contributed by atoms with Crippen molar-refractivity contribution in [2.45, 2.75) is 57.8 Å². The molecule has 1 unspecified atom stereocenters. The van der Waals surface area contributed by atoms with E-state index in [1.54, 1.807) is 23.9 Å². The Balaban J connectivity index is 1.44. The lowest BCUT2D eigenvalue weighted by Crippen LogP contribution is -2.32. The summed E-state index contributed by atoms with van der Waals surface area (Å²) in [6.45, 7) is 2.09. The SMILES string of the molecule is COc1cc(C2C(C(=O)OC3CCCCC3)=C(C)Nc3ncnn32)ccc1OCc1ccc(Cl)cc1Cl. The van der Waals surface area contributed by atoms with Crippen molar-refractivity contribution in [1.82, 2.24) is 14.8 Å². The van der Waals surface area contributed by atoms with E-state index in [4.69, 9.17) is 37.4 Å². The molecule has 2 aliphatic rings. The van der Waals surface area contributed by atoms with Gasteiger partial charge in [0.1, 0.15) is 25.1 Å². The Labute approximate surface area is 225 Å². The van der Waals surface area contributed by atoms with Gasteiger partial charge in [-0.15, -0.1) is 0 Å². The first-order chi connectivity index (χ1) is 17.9. The minimum absolute atomic E-state index is 0.0654. The summed E-state index contributed by atoms with van der Waals surface area (Å²) in [5.41, 5.74) is 2.77. The molecule has 10 heteroatoms. The predicted octanol–water partition coefficient (Wildman–Crippen LogP) is 6.34. The van der Waals surface area contributed by atoms with E-state index >= 15 is 0 Å². The maximum atomic E-state index is 13.5. The highest BCUT2D eigenvalue weighted by Gasteiger charge is 2.36. The van der Waals surface area contributed by atoms with Gasteiger partial charge in [-0.3, -0.25) is 0 Å². The van der Waals surface area contributed by atoms with Crippen LogP contribution in [0.25, 0.3) is 0 Å². The van der Waals surface area contributed by atoms with Crippen molar-refractivity contribution in [2.75, 3.05) is 12.4 Å². The summed E-state index contributed by atoms with van der Waals surface area (Å²) in [6.07, 6.45) is 6.51. The van der Waals surface area contributed by atoms with E-state index < -0.39 is 6.04 Å². The normalized spacial score (nSPS) is 17.7. The van der Waals surface area contributed by atoms with E-state index in [2.05, 4.69) is 15.4 Å². The highest BCUT2D eigenvalue weighted by atomic mass is 35.5. The fourth-order valence-electron chi connectivity index (χ4n) is 4.83. The van der Waals surface area contributed by atoms with Gasteiger partial charge >= 0.3 is 5.97 Å². The zero-order valence-electron chi connectivity index (χ0n) is 20.7. The largest absolute Gasteiger partial charge is 0.493 e. The average molecular weight is 543 g/mol. The molecule has 0 amide bonds. The Morgan fingerprint density at radius 3 is 2.68 bits per heavy atom. The van der Waals surface area contributed by atoms with Crippen LogP contribution in [0.2, 0.25) is 10.0 Å². The molecule has 1 aromatic heterocycles. The monoisotopic (exact) mass is 542 g/mol. The minimum atomic E-state index is -0.538. The van der Waals surface area contributed by atoms with E-state index in [9.17, 15) is 4.79 Å². The van der Waals surface area contributed by atoms with Crippen molar-refractivity contribution in [2.24, 2.45) is 0 Å². The number of esters is 1. The van der Waals surface area contributed by atoms with Gasteiger partial charge in [-0.25, -0.2) is 9.48 Å². The van der Waals surface area contributed by atoms with Crippen molar-refractivity contribution < 1.29 is 19.0 Å².